The molecule has 3 heterocycles. The highest BCUT2D eigenvalue weighted by Gasteiger charge is 2.60. The zero-order valence-electron chi connectivity index (χ0n) is 22.9. The van der Waals surface area contributed by atoms with E-state index in [1.807, 2.05) is 4.90 Å². The summed E-state index contributed by atoms with van der Waals surface area (Å²) in [4.78, 5) is 28.1. The van der Waals surface area contributed by atoms with Gasteiger partial charge in [-0.2, -0.15) is 39.5 Å². The number of aliphatic carboxylic acids is 1. The largest absolute Gasteiger partial charge is 0.479 e. The lowest BCUT2D eigenvalue weighted by Gasteiger charge is -2.45. The lowest BCUT2D eigenvalue weighted by Crippen LogP contribution is -2.55. The van der Waals surface area contributed by atoms with Crippen molar-refractivity contribution in [1.82, 2.24) is 9.80 Å². The fourth-order valence-electron chi connectivity index (χ4n) is 5.96. The maximum absolute atomic E-state index is 13.9. The Labute approximate surface area is 240 Å². The van der Waals surface area contributed by atoms with Crippen molar-refractivity contribution in [3.63, 3.8) is 0 Å². The van der Waals surface area contributed by atoms with Crippen molar-refractivity contribution < 1.29 is 63.7 Å². The third-order valence-electron chi connectivity index (χ3n) is 8.28. The van der Waals surface area contributed by atoms with Gasteiger partial charge in [0.15, 0.2) is 5.60 Å². The second-order valence-corrected chi connectivity index (χ2v) is 11.3. The van der Waals surface area contributed by atoms with Crippen LogP contribution in [0.4, 0.5) is 50.0 Å². The molecule has 3 aliphatic heterocycles. The standard InChI is InChI=1S/C26H30F9N3O5/c1-22(20(39)40)15-37(9-10-42-22)18-12-16(11-17(13-18)24(27,28)29)14-38-6-2-3-23(38)4-7-36(8-5-23)21(41)43-19(25(30,31)32)26(33,34)35/h11-13,19H,2-10,14-15H2,1H3,(H,39,40). The van der Waals surface area contributed by atoms with Gasteiger partial charge in [0.25, 0.3) is 6.10 Å². The minimum Gasteiger partial charge on any atom is -0.479 e. The Morgan fingerprint density at radius 2 is 1.58 bits per heavy atom. The van der Waals surface area contributed by atoms with Crippen LogP contribution in [0.5, 0.6) is 0 Å². The summed E-state index contributed by atoms with van der Waals surface area (Å²) in [7, 11) is 0. The van der Waals surface area contributed by atoms with Crippen LogP contribution in [0.15, 0.2) is 18.2 Å². The number of hydrogen-bond donors (Lipinski definition) is 1. The first kappa shape index (κ1) is 33.0. The first-order chi connectivity index (χ1) is 19.7. The van der Waals surface area contributed by atoms with Crippen LogP contribution in [0.2, 0.25) is 0 Å². The average Bonchev–Trinajstić information content (AvgIpc) is 3.26. The van der Waals surface area contributed by atoms with Crippen molar-refractivity contribution in [3.8, 4) is 0 Å². The predicted octanol–water partition coefficient (Wildman–Crippen LogP) is 5.45. The summed E-state index contributed by atoms with van der Waals surface area (Å²) in [6.07, 6.45) is -20.9. The number of morpholine rings is 1. The second-order valence-electron chi connectivity index (χ2n) is 11.3. The average molecular weight is 636 g/mol. The summed E-state index contributed by atoms with van der Waals surface area (Å²) in [5.41, 5.74) is -2.75. The topological polar surface area (TPSA) is 82.6 Å². The second kappa shape index (κ2) is 11.5. The number of carboxylic acid groups (broad SMARTS) is 1. The number of carbonyl (C=O) groups excluding carboxylic acids is 1. The quantitative estimate of drug-likeness (QED) is 0.432. The third-order valence-corrected chi connectivity index (χ3v) is 8.28. The monoisotopic (exact) mass is 635 g/mol. The van der Waals surface area contributed by atoms with Gasteiger partial charge in [-0.05, 0) is 62.9 Å². The molecule has 43 heavy (non-hydrogen) atoms. The molecule has 3 aliphatic rings. The number of ether oxygens (including phenoxy) is 2. The highest BCUT2D eigenvalue weighted by atomic mass is 19.4. The van der Waals surface area contributed by atoms with Crippen molar-refractivity contribution in [2.24, 2.45) is 0 Å². The van der Waals surface area contributed by atoms with Crippen LogP contribution < -0.4 is 4.90 Å². The molecule has 0 bridgehead atoms. The minimum atomic E-state index is -5.84. The lowest BCUT2D eigenvalue weighted by atomic mass is 9.84. The highest BCUT2D eigenvalue weighted by molar-refractivity contribution is 5.78. The van der Waals surface area contributed by atoms with Gasteiger partial charge in [0, 0.05) is 37.4 Å². The van der Waals surface area contributed by atoms with Gasteiger partial charge in [-0.25, -0.2) is 9.59 Å². The highest BCUT2D eigenvalue weighted by Crippen LogP contribution is 2.42. The van der Waals surface area contributed by atoms with E-state index in [9.17, 15) is 54.2 Å². The van der Waals surface area contributed by atoms with E-state index in [1.165, 1.54) is 17.9 Å². The molecule has 1 spiro atoms. The molecule has 0 radical (unpaired) electrons. The molecule has 1 aromatic carbocycles. The molecule has 3 fully saturated rings. The Kier molecular flexibility index (Phi) is 8.83. The lowest BCUT2D eigenvalue weighted by molar-refractivity contribution is -0.308. The smallest absolute Gasteiger partial charge is 0.434 e. The molecule has 0 aliphatic carbocycles. The van der Waals surface area contributed by atoms with E-state index in [4.69, 9.17) is 4.74 Å². The molecule has 3 saturated heterocycles. The Balaban J connectivity index is 1.50. The molecule has 1 amide bonds. The number of nitrogens with zero attached hydrogens (tertiary/aromatic N) is 3. The summed E-state index contributed by atoms with van der Waals surface area (Å²) in [6, 6.07) is 3.47. The van der Waals surface area contributed by atoms with E-state index < -0.39 is 53.4 Å². The van der Waals surface area contributed by atoms with E-state index in [0.29, 0.717) is 19.4 Å². The van der Waals surface area contributed by atoms with E-state index in [-0.39, 0.29) is 63.4 Å². The first-order valence-electron chi connectivity index (χ1n) is 13.4. The normalized spacial score (nSPS) is 23.7. The Hall–Kier alpha value is -2.95. The number of carboxylic acids is 1. The maximum Gasteiger partial charge on any atom is 0.434 e. The van der Waals surface area contributed by atoms with Crippen LogP contribution in [-0.2, 0) is 27.0 Å². The number of anilines is 1. The molecule has 4 rings (SSSR count). The van der Waals surface area contributed by atoms with Crippen LogP contribution in [0.3, 0.4) is 0 Å². The summed E-state index contributed by atoms with van der Waals surface area (Å²) in [5.74, 6) is -1.26. The van der Waals surface area contributed by atoms with Gasteiger partial charge in [0.2, 0.25) is 0 Å². The molecule has 8 nitrogen and oxygen atoms in total. The number of hydrogen-bond acceptors (Lipinski definition) is 6. The van der Waals surface area contributed by atoms with E-state index in [1.54, 1.807) is 0 Å². The Morgan fingerprint density at radius 3 is 2.14 bits per heavy atom. The van der Waals surface area contributed by atoms with Crippen molar-refractivity contribution >= 4 is 17.7 Å². The van der Waals surface area contributed by atoms with Crippen molar-refractivity contribution in [1.29, 1.82) is 0 Å². The Morgan fingerprint density at radius 1 is 0.953 bits per heavy atom. The zero-order chi connectivity index (χ0) is 32.0. The van der Waals surface area contributed by atoms with Gasteiger partial charge < -0.3 is 24.4 Å². The predicted molar refractivity (Wildman–Crippen MR) is 131 cm³/mol. The molecule has 17 heteroatoms. The fourth-order valence-corrected chi connectivity index (χ4v) is 5.96. The van der Waals surface area contributed by atoms with Crippen LogP contribution in [0, 0.1) is 0 Å². The van der Waals surface area contributed by atoms with Crippen molar-refractivity contribution in [2.75, 3.05) is 44.2 Å². The van der Waals surface area contributed by atoms with Crippen LogP contribution in [-0.4, -0.2) is 95.9 Å². The number of halogens is 9. The number of rotatable bonds is 5. The molecular formula is C26H30F9N3O5. The van der Waals surface area contributed by atoms with Crippen LogP contribution in [0.1, 0.15) is 43.7 Å². The minimum absolute atomic E-state index is 0.0186. The molecule has 1 atom stereocenters. The third kappa shape index (κ3) is 7.24. The van der Waals surface area contributed by atoms with E-state index in [2.05, 4.69) is 4.74 Å². The summed E-state index contributed by atoms with van der Waals surface area (Å²) < 4.78 is 128. The van der Waals surface area contributed by atoms with Crippen LogP contribution in [0.25, 0.3) is 0 Å². The number of piperidine rings is 1. The zero-order valence-corrected chi connectivity index (χ0v) is 22.9. The number of likely N-dealkylation sites (tertiary alicyclic amines) is 2. The van der Waals surface area contributed by atoms with E-state index in [0.717, 1.165) is 17.0 Å². The first-order valence-corrected chi connectivity index (χ1v) is 13.4. The molecule has 0 saturated carbocycles. The molecule has 0 aromatic heterocycles. The number of benzene rings is 1. The van der Waals surface area contributed by atoms with Gasteiger partial charge in [-0.3, -0.25) is 4.90 Å². The van der Waals surface area contributed by atoms with Crippen molar-refractivity contribution in [3.05, 3.63) is 29.3 Å². The van der Waals surface area contributed by atoms with Gasteiger partial charge >= 0.3 is 30.6 Å². The van der Waals surface area contributed by atoms with Gasteiger partial charge in [0.05, 0.1) is 18.7 Å². The summed E-state index contributed by atoms with van der Waals surface area (Å²) in [5, 5.41) is 9.53. The summed E-state index contributed by atoms with van der Waals surface area (Å²) in [6.45, 7) is 1.40. The van der Waals surface area contributed by atoms with Crippen molar-refractivity contribution in [2.45, 2.75) is 74.9 Å². The summed E-state index contributed by atoms with van der Waals surface area (Å²) >= 11 is 0. The number of amides is 1. The fraction of sp³-hybridized carbons (Fsp3) is 0.692. The molecule has 1 N–H and O–H groups in total. The van der Waals surface area contributed by atoms with Gasteiger partial charge in [-0.15, -0.1) is 0 Å². The Bertz CT molecular complexity index is 1180. The SMILES string of the molecule is CC1(C(=O)O)CN(c2cc(CN3CCCC34CCN(C(=O)OC(C(F)(F)F)C(F)(F)F)CC4)cc(C(F)(F)F)c2)CCO1. The molecule has 242 valence electrons. The molecule has 1 aromatic rings. The van der Waals surface area contributed by atoms with Crippen LogP contribution >= 0.6 is 0 Å². The van der Waals surface area contributed by atoms with Gasteiger partial charge in [0.1, 0.15) is 0 Å². The molecule has 1 unspecified atom stereocenters. The van der Waals surface area contributed by atoms with E-state index >= 15 is 0 Å². The maximum atomic E-state index is 13.9. The number of carbonyl (C=O) groups is 2. The number of alkyl halides is 9. The molecular weight excluding hydrogens is 605 g/mol. The van der Waals surface area contributed by atoms with Gasteiger partial charge in [-0.1, -0.05) is 0 Å².